The monoisotopic (exact) mass is 244 g/mol. The van der Waals surface area contributed by atoms with Gasteiger partial charge in [0.1, 0.15) is 0 Å². The maximum Gasteiger partial charge on any atom is 0.00642 e. The highest BCUT2D eigenvalue weighted by Crippen LogP contribution is 2.49. The van der Waals surface area contributed by atoms with Crippen molar-refractivity contribution >= 4 is 0 Å². The third kappa shape index (κ3) is 4.68. The Labute approximate surface area is 113 Å². The zero-order valence-electron chi connectivity index (χ0n) is 12.1. The van der Waals surface area contributed by atoms with Crippen LogP contribution in [0.3, 0.4) is 0 Å². The molecule has 0 radical (unpaired) electrons. The molecule has 0 spiro atoms. The summed E-state index contributed by atoms with van der Waals surface area (Å²) in [5, 5.41) is 0. The Morgan fingerprint density at radius 2 is 2.28 bits per heavy atom. The van der Waals surface area contributed by atoms with Crippen molar-refractivity contribution in [2.75, 3.05) is 0 Å². The van der Waals surface area contributed by atoms with Crippen LogP contribution in [0.25, 0.3) is 0 Å². The molecule has 0 aromatic carbocycles. The first-order chi connectivity index (χ1) is 8.62. The normalized spacial score (nSPS) is 28.2. The molecule has 1 saturated carbocycles. The molecule has 100 valence electrons. The Hall–Kier alpha value is -1.04. The molecule has 0 heteroatoms. The van der Waals surface area contributed by atoms with E-state index in [2.05, 4.69) is 57.4 Å². The van der Waals surface area contributed by atoms with Crippen molar-refractivity contribution in [1.29, 1.82) is 0 Å². The van der Waals surface area contributed by atoms with Crippen molar-refractivity contribution in [1.82, 2.24) is 0 Å². The van der Waals surface area contributed by atoms with Crippen molar-refractivity contribution in [2.45, 2.75) is 52.4 Å². The van der Waals surface area contributed by atoms with Crippen LogP contribution in [-0.2, 0) is 0 Å². The zero-order chi connectivity index (χ0) is 13.4. The van der Waals surface area contributed by atoms with Gasteiger partial charge >= 0.3 is 0 Å². The fourth-order valence-electron chi connectivity index (χ4n) is 2.73. The van der Waals surface area contributed by atoms with Crippen LogP contribution in [-0.4, -0.2) is 0 Å². The average Bonchev–Trinajstić information content (AvgIpc) is 2.96. The number of rotatable bonds is 5. The number of unbranched alkanes of at least 4 members (excludes halogenated alkanes) is 1. The fourth-order valence-corrected chi connectivity index (χ4v) is 2.73. The summed E-state index contributed by atoms with van der Waals surface area (Å²) in [5.74, 6) is 0.892. The summed E-state index contributed by atoms with van der Waals surface area (Å²) in [6.45, 7) is 11.8. The van der Waals surface area contributed by atoms with Gasteiger partial charge in [-0.1, -0.05) is 36.0 Å². The van der Waals surface area contributed by atoms with E-state index < -0.39 is 0 Å². The summed E-state index contributed by atoms with van der Waals surface area (Å²) >= 11 is 0. The second-order valence-corrected chi connectivity index (χ2v) is 5.72. The first kappa shape index (κ1) is 15.0. The number of fused-ring (bicyclic) bond motifs is 2. The van der Waals surface area contributed by atoms with Gasteiger partial charge in [0.2, 0.25) is 0 Å². The van der Waals surface area contributed by atoms with Crippen molar-refractivity contribution in [3.05, 3.63) is 49.1 Å². The summed E-state index contributed by atoms with van der Waals surface area (Å²) in [7, 11) is 0. The lowest BCUT2D eigenvalue weighted by molar-refractivity contribution is 0.525. The largest absolute Gasteiger partial charge is 0.102 e. The molecule has 1 fully saturated rings. The Balaban J connectivity index is 0.000000180. The van der Waals surface area contributed by atoms with Crippen LogP contribution in [0.2, 0.25) is 0 Å². The summed E-state index contributed by atoms with van der Waals surface area (Å²) in [6.07, 6.45) is 18.8. The molecule has 0 N–H and O–H groups in total. The lowest BCUT2D eigenvalue weighted by Gasteiger charge is -2.16. The Morgan fingerprint density at radius 1 is 1.50 bits per heavy atom. The first-order valence-corrected chi connectivity index (χ1v) is 7.20. The van der Waals surface area contributed by atoms with Gasteiger partial charge < -0.3 is 0 Å². The maximum atomic E-state index is 3.86. The number of allylic oxidation sites excluding steroid dienone is 6. The SMILES string of the molecule is C=C(C)CCC/C=C/C.C=CC12C=CC(CC1)C2. The van der Waals surface area contributed by atoms with Crippen molar-refractivity contribution < 1.29 is 0 Å². The molecule has 2 bridgehead atoms. The maximum absolute atomic E-state index is 3.86. The van der Waals surface area contributed by atoms with Crippen LogP contribution in [0.1, 0.15) is 52.4 Å². The minimum atomic E-state index is 0.435. The van der Waals surface area contributed by atoms with Gasteiger partial charge in [0.15, 0.2) is 0 Å². The van der Waals surface area contributed by atoms with E-state index in [0.29, 0.717) is 5.41 Å². The van der Waals surface area contributed by atoms with Crippen molar-refractivity contribution in [3.63, 3.8) is 0 Å². The fraction of sp³-hybridized carbons (Fsp3) is 0.556. The lowest BCUT2D eigenvalue weighted by atomic mass is 9.88. The van der Waals surface area contributed by atoms with Gasteiger partial charge in [0, 0.05) is 5.41 Å². The van der Waals surface area contributed by atoms with Crippen LogP contribution >= 0.6 is 0 Å². The topological polar surface area (TPSA) is 0 Å². The summed E-state index contributed by atoms with van der Waals surface area (Å²) in [5.41, 5.74) is 1.73. The summed E-state index contributed by atoms with van der Waals surface area (Å²) in [6, 6.07) is 0. The molecule has 18 heavy (non-hydrogen) atoms. The molecule has 0 aromatic heterocycles. The minimum absolute atomic E-state index is 0.435. The molecule has 0 heterocycles. The predicted molar refractivity (Wildman–Crippen MR) is 82.6 cm³/mol. The highest BCUT2D eigenvalue weighted by Gasteiger charge is 2.37. The molecule has 2 rings (SSSR count). The van der Waals surface area contributed by atoms with Gasteiger partial charge in [0.05, 0.1) is 0 Å². The molecule has 2 atom stereocenters. The smallest absolute Gasteiger partial charge is 0.00642 e. The molecule has 2 unspecified atom stereocenters. The predicted octanol–water partition coefficient (Wildman–Crippen LogP) is 5.84. The molecule has 0 aromatic rings. The highest BCUT2D eigenvalue weighted by atomic mass is 14.4. The highest BCUT2D eigenvalue weighted by molar-refractivity contribution is 5.21. The molecule has 0 aliphatic heterocycles. The first-order valence-electron chi connectivity index (χ1n) is 7.20. The van der Waals surface area contributed by atoms with E-state index in [9.17, 15) is 0 Å². The molecule has 0 amide bonds. The third-order valence-electron chi connectivity index (χ3n) is 3.94. The van der Waals surface area contributed by atoms with Crippen LogP contribution < -0.4 is 0 Å². The van der Waals surface area contributed by atoms with E-state index in [1.165, 1.54) is 44.1 Å². The number of hydrogen-bond donors (Lipinski definition) is 0. The van der Waals surface area contributed by atoms with Gasteiger partial charge in [-0.25, -0.2) is 0 Å². The minimum Gasteiger partial charge on any atom is -0.102 e. The summed E-state index contributed by atoms with van der Waals surface area (Å²) < 4.78 is 0. The standard InChI is InChI=1S/C9H12.C9H16/c1-2-9-5-3-8(7-9)4-6-9;1-4-5-6-7-8-9(2)3/h2-3,5,8H,1,4,6-7H2;4-5H,2,6-8H2,1,3H3/b;5-4+. The van der Waals surface area contributed by atoms with Crippen molar-refractivity contribution in [2.24, 2.45) is 11.3 Å². The second kappa shape index (κ2) is 7.41. The van der Waals surface area contributed by atoms with E-state index in [-0.39, 0.29) is 0 Å². The average molecular weight is 244 g/mol. The zero-order valence-corrected chi connectivity index (χ0v) is 12.1. The number of hydrogen-bond acceptors (Lipinski definition) is 0. The van der Waals surface area contributed by atoms with Gasteiger partial charge in [0.25, 0.3) is 0 Å². The van der Waals surface area contributed by atoms with E-state index in [1.807, 2.05) is 0 Å². The van der Waals surface area contributed by atoms with Crippen LogP contribution in [0, 0.1) is 11.3 Å². The molecule has 2 aliphatic rings. The quantitative estimate of drug-likeness (QED) is 0.421. The second-order valence-electron chi connectivity index (χ2n) is 5.72. The molecular formula is C18H28. The molecule has 0 saturated heterocycles. The molecule has 2 aliphatic carbocycles. The van der Waals surface area contributed by atoms with E-state index >= 15 is 0 Å². The summed E-state index contributed by atoms with van der Waals surface area (Å²) in [4.78, 5) is 0. The van der Waals surface area contributed by atoms with Gasteiger partial charge in [-0.3, -0.25) is 0 Å². The van der Waals surface area contributed by atoms with E-state index in [4.69, 9.17) is 0 Å². The van der Waals surface area contributed by atoms with Gasteiger partial charge in [-0.15, -0.1) is 13.2 Å². The van der Waals surface area contributed by atoms with Crippen LogP contribution in [0.15, 0.2) is 49.1 Å². The molecule has 0 nitrogen and oxygen atoms in total. The van der Waals surface area contributed by atoms with Gasteiger partial charge in [-0.05, 0) is 58.3 Å². The Morgan fingerprint density at radius 3 is 2.61 bits per heavy atom. The van der Waals surface area contributed by atoms with E-state index in [0.717, 1.165) is 5.92 Å². The van der Waals surface area contributed by atoms with Crippen LogP contribution in [0.4, 0.5) is 0 Å². The third-order valence-corrected chi connectivity index (χ3v) is 3.94. The van der Waals surface area contributed by atoms with Crippen LogP contribution in [0.5, 0.6) is 0 Å². The molecular weight excluding hydrogens is 216 g/mol. The van der Waals surface area contributed by atoms with Crippen molar-refractivity contribution in [3.8, 4) is 0 Å². The Bertz CT molecular complexity index is 332. The van der Waals surface area contributed by atoms with E-state index in [1.54, 1.807) is 0 Å². The Kier molecular flexibility index (Phi) is 6.18. The lowest BCUT2D eigenvalue weighted by Crippen LogP contribution is -2.05. The van der Waals surface area contributed by atoms with Gasteiger partial charge in [-0.2, -0.15) is 0 Å².